The van der Waals surface area contributed by atoms with Gasteiger partial charge in [-0.05, 0) is 31.9 Å². The number of rotatable bonds is 6. The third-order valence-corrected chi connectivity index (χ3v) is 4.65. The summed E-state index contributed by atoms with van der Waals surface area (Å²) in [5.74, 6) is 1.56. The summed E-state index contributed by atoms with van der Waals surface area (Å²) in [5, 5.41) is 12.4. The number of aromatic nitrogens is 2. The first-order chi connectivity index (χ1) is 13.0. The van der Waals surface area contributed by atoms with Gasteiger partial charge in [-0.25, -0.2) is 4.98 Å². The summed E-state index contributed by atoms with van der Waals surface area (Å²) in [4.78, 5) is 22.3. The fourth-order valence-electron chi connectivity index (χ4n) is 3.17. The predicted octanol–water partition coefficient (Wildman–Crippen LogP) is 2.85. The highest BCUT2D eigenvalue weighted by Crippen LogP contribution is 2.31. The molecule has 8 heteroatoms. The maximum Gasteiger partial charge on any atom is 0.306 e. The van der Waals surface area contributed by atoms with E-state index >= 15 is 0 Å². The van der Waals surface area contributed by atoms with Crippen LogP contribution in [-0.4, -0.2) is 48.4 Å². The smallest absolute Gasteiger partial charge is 0.306 e. The first-order valence-corrected chi connectivity index (χ1v) is 8.82. The summed E-state index contributed by atoms with van der Waals surface area (Å²) in [6, 6.07) is 7.42. The van der Waals surface area contributed by atoms with Crippen LogP contribution in [0.15, 0.2) is 24.3 Å². The monoisotopic (exact) mass is 372 g/mol. The molecule has 1 fully saturated rings. The zero-order chi connectivity index (χ0) is 19.4. The Morgan fingerprint density at radius 3 is 2.48 bits per heavy atom. The number of nitrogens with zero attached hydrogens (tertiary/aromatic N) is 3. The summed E-state index contributed by atoms with van der Waals surface area (Å²) >= 11 is 0. The van der Waals surface area contributed by atoms with E-state index in [2.05, 4.69) is 20.2 Å². The Labute approximate surface area is 158 Å². The minimum absolute atomic E-state index is 0.270. The maximum atomic E-state index is 11.1. The van der Waals surface area contributed by atoms with E-state index in [1.165, 1.54) is 0 Å². The molecule has 0 saturated carbocycles. The van der Waals surface area contributed by atoms with Gasteiger partial charge in [0.05, 0.1) is 20.1 Å². The van der Waals surface area contributed by atoms with Crippen LogP contribution in [0.3, 0.4) is 0 Å². The molecule has 3 rings (SSSR count). The number of carbonyl (C=O) groups is 1. The van der Waals surface area contributed by atoms with Gasteiger partial charge in [0.15, 0.2) is 11.5 Å². The third-order valence-electron chi connectivity index (χ3n) is 4.65. The van der Waals surface area contributed by atoms with Crippen molar-refractivity contribution in [2.45, 2.75) is 19.8 Å². The number of carboxylic acid groups (broad SMARTS) is 1. The molecule has 2 heterocycles. The van der Waals surface area contributed by atoms with E-state index in [4.69, 9.17) is 14.6 Å². The lowest BCUT2D eigenvalue weighted by Crippen LogP contribution is -2.36. The van der Waals surface area contributed by atoms with Crippen molar-refractivity contribution in [1.29, 1.82) is 0 Å². The highest BCUT2D eigenvalue weighted by atomic mass is 16.5. The number of aryl methyl sites for hydroxylation is 1. The topological polar surface area (TPSA) is 96.8 Å². The van der Waals surface area contributed by atoms with Gasteiger partial charge in [-0.15, -0.1) is 0 Å². The molecule has 144 valence electrons. The minimum atomic E-state index is -0.718. The molecule has 1 aromatic heterocycles. The number of piperidine rings is 1. The Balaban J connectivity index is 1.77. The molecule has 0 aliphatic carbocycles. The second kappa shape index (κ2) is 8.11. The van der Waals surface area contributed by atoms with E-state index in [1.54, 1.807) is 14.2 Å². The van der Waals surface area contributed by atoms with Gasteiger partial charge in [-0.2, -0.15) is 4.98 Å². The molecule has 1 aromatic carbocycles. The molecule has 1 saturated heterocycles. The van der Waals surface area contributed by atoms with Crippen molar-refractivity contribution in [3.05, 3.63) is 30.0 Å². The fraction of sp³-hybridized carbons (Fsp3) is 0.421. The minimum Gasteiger partial charge on any atom is -0.493 e. The molecule has 0 atom stereocenters. The number of ether oxygens (including phenoxy) is 2. The Hall–Kier alpha value is -3.03. The number of methoxy groups -OCH3 is 2. The second-order valence-electron chi connectivity index (χ2n) is 6.49. The highest BCUT2D eigenvalue weighted by Gasteiger charge is 2.25. The summed E-state index contributed by atoms with van der Waals surface area (Å²) in [6.07, 6.45) is 1.24. The predicted molar refractivity (Wildman–Crippen MR) is 102 cm³/mol. The van der Waals surface area contributed by atoms with Crippen molar-refractivity contribution in [2.75, 3.05) is 37.5 Å². The molecule has 2 N–H and O–H groups in total. The number of nitrogens with one attached hydrogen (secondary N) is 1. The molecular weight excluding hydrogens is 348 g/mol. The van der Waals surface area contributed by atoms with E-state index in [0.29, 0.717) is 43.4 Å². The molecule has 0 amide bonds. The van der Waals surface area contributed by atoms with Crippen LogP contribution in [0.25, 0.3) is 0 Å². The maximum absolute atomic E-state index is 11.1. The van der Waals surface area contributed by atoms with Crippen LogP contribution < -0.4 is 19.7 Å². The van der Waals surface area contributed by atoms with Crippen molar-refractivity contribution in [3.63, 3.8) is 0 Å². The number of hydrogen-bond donors (Lipinski definition) is 2. The summed E-state index contributed by atoms with van der Waals surface area (Å²) in [5.41, 5.74) is 1.62. The molecule has 2 aromatic rings. The lowest BCUT2D eigenvalue weighted by atomic mass is 9.97. The van der Waals surface area contributed by atoms with Crippen molar-refractivity contribution >= 4 is 23.4 Å². The normalized spacial score (nSPS) is 14.7. The van der Waals surface area contributed by atoms with Gasteiger partial charge in [0.1, 0.15) is 5.82 Å². The first-order valence-electron chi connectivity index (χ1n) is 8.82. The average Bonchev–Trinajstić information content (AvgIpc) is 2.67. The van der Waals surface area contributed by atoms with Crippen molar-refractivity contribution in [3.8, 4) is 11.5 Å². The average molecular weight is 372 g/mol. The van der Waals surface area contributed by atoms with Gasteiger partial charge in [0.25, 0.3) is 0 Å². The van der Waals surface area contributed by atoms with Crippen LogP contribution in [0.2, 0.25) is 0 Å². The van der Waals surface area contributed by atoms with Crippen LogP contribution in [0.5, 0.6) is 11.5 Å². The molecule has 27 heavy (non-hydrogen) atoms. The van der Waals surface area contributed by atoms with Gasteiger partial charge in [-0.3, -0.25) is 4.79 Å². The molecule has 1 aliphatic heterocycles. The zero-order valence-electron chi connectivity index (χ0n) is 15.7. The third kappa shape index (κ3) is 4.39. The first kappa shape index (κ1) is 18.8. The molecule has 0 bridgehead atoms. The summed E-state index contributed by atoms with van der Waals surface area (Å²) < 4.78 is 10.6. The van der Waals surface area contributed by atoms with Crippen molar-refractivity contribution in [1.82, 2.24) is 9.97 Å². The Kier molecular flexibility index (Phi) is 5.63. The molecule has 0 spiro atoms. The van der Waals surface area contributed by atoms with Crippen LogP contribution in [0.1, 0.15) is 18.5 Å². The molecule has 1 aliphatic rings. The van der Waals surface area contributed by atoms with Crippen LogP contribution in [0, 0.1) is 12.8 Å². The molecule has 8 nitrogen and oxygen atoms in total. The molecule has 0 radical (unpaired) electrons. The lowest BCUT2D eigenvalue weighted by Gasteiger charge is -2.31. The Bertz CT molecular complexity index is 819. The number of aliphatic carboxylic acids is 1. The van der Waals surface area contributed by atoms with E-state index in [-0.39, 0.29) is 5.92 Å². The van der Waals surface area contributed by atoms with Gasteiger partial charge in [-0.1, -0.05) is 0 Å². The number of benzene rings is 1. The molecule has 0 unspecified atom stereocenters. The van der Waals surface area contributed by atoms with Crippen LogP contribution in [0.4, 0.5) is 17.5 Å². The van der Waals surface area contributed by atoms with E-state index < -0.39 is 5.97 Å². The van der Waals surface area contributed by atoms with Gasteiger partial charge in [0, 0.05) is 36.6 Å². The highest BCUT2D eigenvalue weighted by molar-refractivity contribution is 5.70. The van der Waals surface area contributed by atoms with Gasteiger partial charge >= 0.3 is 5.97 Å². The Morgan fingerprint density at radius 2 is 1.85 bits per heavy atom. The van der Waals surface area contributed by atoms with E-state index in [1.807, 2.05) is 31.2 Å². The fourth-order valence-corrected chi connectivity index (χ4v) is 3.17. The summed E-state index contributed by atoms with van der Waals surface area (Å²) in [7, 11) is 3.18. The largest absolute Gasteiger partial charge is 0.493 e. The van der Waals surface area contributed by atoms with E-state index in [0.717, 1.165) is 17.2 Å². The lowest BCUT2D eigenvalue weighted by molar-refractivity contribution is -0.142. The van der Waals surface area contributed by atoms with Crippen molar-refractivity contribution < 1.29 is 19.4 Å². The number of anilines is 3. The van der Waals surface area contributed by atoms with E-state index in [9.17, 15) is 4.79 Å². The SMILES string of the molecule is COc1ccc(Nc2nc(C)cc(N3CCC(C(=O)O)CC3)n2)cc1OC. The number of carboxylic acids is 1. The number of hydrogen-bond acceptors (Lipinski definition) is 7. The quantitative estimate of drug-likeness (QED) is 0.799. The zero-order valence-corrected chi connectivity index (χ0v) is 15.7. The summed E-state index contributed by atoms with van der Waals surface area (Å²) in [6.45, 7) is 3.25. The van der Waals surface area contributed by atoms with Gasteiger partial charge < -0.3 is 24.8 Å². The Morgan fingerprint density at radius 1 is 1.15 bits per heavy atom. The molecular formula is C19H24N4O4. The van der Waals surface area contributed by atoms with Gasteiger partial charge in [0.2, 0.25) is 5.95 Å². The van der Waals surface area contributed by atoms with Crippen molar-refractivity contribution in [2.24, 2.45) is 5.92 Å². The van der Waals surface area contributed by atoms with Crippen LogP contribution in [-0.2, 0) is 4.79 Å². The van der Waals surface area contributed by atoms with Crippen LogP contribution >= 0.6 is 0 Å². The standard InChI is InChI=1S/C19H24N4O4/c1-12-10-17(23-8-6-13(7-9-23)18(24)25)22-19(20-12)21-14-4-5-15(26-2)16(11-14)27-3/h4-5,10-11,13H,6-9H2,1-3H3,(H,24,25)(H,20,21,22). The second-order valence-corrected chi connectivity index (χ2v) is 6.49.